The molecule has 1 heterocycles. The second kappa shape index (κ2) is 6.27. The van der Waals surface area contributed by atoms with Crippen molar-refractivity contribution in [3.05, 3.63) is 41.1 Å². The monoisotopic (exact) mass is 280 g/mol. The first-order valence-corrected chi connectivity index (χ1v) is 6.30. The van der Waals surface area contributed by atoms with Crippen molar-refractivity contribution in [2.45, 2.75) is 19.3 Å². The molecule has 0 unspecified atom stereocenters. The van der Waals surface area contributed by atoms with E-state index in [9.17, 15) is 18.4 Å². The summed E-state index contributed by atoms with van der Waals surface area (Å²) in [4.78, 5) is 23.0. The lowest BCUT2D eigenvalue weighted by Crippen LogP contribution is -2.27. The Morgan fingerprint density at radius 1 is 1.30 bits per heavy atom. The Morgan fingerprint density at radius 3 is 2.75 bits per heavy atom. The molecule has 1 saturated heterocycles. The molecule has 0 aliphatic carbocycles. The van der Waals surface area contributed by atoms with E-state index in [0.29, 0.717) is 24.9 Å². The fourth-order valence-corrected chi connectivity index (χ4v) is 2.03. The molecule has 6 heteroatoms. The van der Waals surface area contributed by atoms with Gasteiger partial charge in [-0.1, -0.05) is 0 Å². The Hall–Kier alpha value is -2.24. The molecule has 20 heavy (non-hydrogen) atoms. The lowest BCUT2D eigenvalue weighted by atomic mass is 10.0. The van der Waals surface area contributed by atoms with Crippen LogP contribution in [0.5, 0.6) is 0 Å². The van der Waals surface area contributed by atoms with Gasteiger partial charge in [0.05, 0.1) is 11.3 Å². The lowest BCUT2D eigenvalue weighted by Gasteiger charge is -2.18. The summed E-state index contributed by atoms with van der Waals surface area (Å²) < 4.78 is 26.5. The smallest absolute Gasteiger partial charge is 0.260 e. The van der Waals surface area contributed by atoms with Gasteiger partial charge in [0.25, 0.3) is 5.91 Å². The van der Waals surface area contributed by atoms with E-state index >= 15 is 0 Å². The van der Waals surface area contributed by atoms with Crippen LogP contribution in [0.2, 0.25) is 0 Å². The number of hydrogen-bond acceptors (Lipinski definition) is 3. The van der Waals surface area contributed by atoms with Crippen LogP contribution in [0.1, 0.15) is 19.3 Å². The molecule has 106 valence electrons. The average Bonchev–Trinajstić information content (AvgIpc) is 2.45. The Bertz CT molecular complexity index is 562. The van der Waals surface area contributed by atoms with Gasteiger partial charge < -0.3 is 10.6 Å². The molecule has 1 aromatic rings. The Balaban J connectivity index is 2.21. The molecule has 0 saturated carbocycles. The zero-order chi connectivity index (χ0) is 14.5. The number of halogens is 2. The molecule has 1 aromatic carbocycles. The largest absolute Gasteiger partial charge is 0.388 e. The zero-order valence-corrected chi connectivity index (χ0v) is 10.7. The van der Waals surface area contributed by atoms with Crippen LogP contribution >= 0.6 is 0 Å². The molecule has 1 fully saturated rings. The molecule has 1 aliphatic heterocycles. The second-order valence-electron chi connectivity index (χ2n) is 4.47. The quantitative estimate of drug-likeness (QED) is 0.386. The van der Waals surface area contributed by atoms with Gasteiger partial charge in [0.15, 0.2) is 6.29 Å². The van der Waals surface area contributed by atoms with Gasteiger partial charge in [0.2, 0.25) is 0 Å². The Labute approximate surface area is 114 Å². The number of anilines is 1. The highest BCUT2D eigenvalue weighted by Gasteiger charge is 2.18. The first-order valence-electron chi connectivity index (χ1n) is 6.30. The average molecular weight is 280 g/mol. The SMILES string of the molecule is O=C/C(C(=O)Nc1cc(F)ccc1F)=C1\CCCCN1. The van der Waals surface area contributed by atoms with Crippen LogP contribution in [-0.4, -0.2) is 18.7 Å². The van der Waals surface area contributed by atoms with E-state index in [1.165, 1.54) is 0 Å². The number of allylic oxidation sites excluding steroid dienone is 1. The van der Waals surface area contributed by atoms with Crippen LogP contribution in [-0.2, 0) is 9.59 Å². The van der Waals surface area contributed by atoms with Crippen LogP contribution in [0.25, 0.3) is 0 Å². The minimum Gasteiger partial charge on any atom is -0.388 e. The third kappa shape index (κ3) is 3.20. The summed E-state index contributed by atoms with van der Waals surface area (Å²) in [5.74, 6) is -2.17. The molecule has 0 spiro atoms. The summed E-state index contributed by atoms with van der Waals surface area (Å²) in [6.45, 7) is 0.689. The van der Waals surface area contributed by atoms with Crippen molar-refractivity contribution < 1.29 is 18.4 Å². The minimum absolute atomic E-state index is 0.0756. The maximum atomic E-state index is 13.4. The topological polar surface area (TPSA) is 58.2 Å². The molecular weight excluding hydrogens is 266 g/mol. The van der Waals surface area contributed by atoms with E-state index in [4.69, 9.17) is 0 Å². The van der Waals surface area contributed by atoms with E-state index in [1.54, 1.807) is 0 Å². The Kier molecular flexibility index (Phi) is 4.45. The highest BCUT2D eigenvalue weighted by Crippen LogP contribution is 2.18. The molecule has 2 N–H and O–H groups in total. The molecule has 1 aliphatic rings. The van der Waals surface area contributed by atoms with Crippen molar-refractivity contribution in [2.75, 3.05) is 11.9 Å². The third-order valence-corrected chi connectivity index (χ3v) is 3.06. The number of carbonyl (C=O) groups excluding carboxylic acids is 2. The van der Waals surface area contributed by atoms with Crippen molar-refractivity contribution in [2.24, 2.45) is 0 Å². The number of benzene rings is 1. The maximum Gasteiger partial charge on any atom is 0.260 e. The lowest BCUT2D eigenvalue weighted by molar-refractivity contribution is -0.115. The van der Waals surface area contributed by atoms with Gasteiger partial charge in [-0.3, -0.25) is 9.59 Å². The van der Waals surface area contributed by atoms with Crippen LogP contribution in [0.3, 0.4) is 0 Å². The Morgan fingerprint density at radius 2 is 2.10 bits per heavy atom. The molecule has 2 rings (SSSR count). The van der Waals surface area contributed by atoms with Crippen molar-refractivity contribution in [3.63, 3.8) is 0 Å². The van der Waals surface area contributed by atoms with Crippen LogP contribution < -0.4 is 10.6 Å². The summed E-state index contributed by atoms with van der Waals surface area (Å²) in [6, 6.07) is 2.74. The molecular formula is C14H14F2N2O2. The maximum absolute atomic E-state index is 13.4. The number of hydrogen-bond donors (Lipinski definition) is 2. The minimum atomic E-state index is -0.758. The number of amides is 1. The summed E-state index contributed by atoms with van der Waals surface area (Å²) in [5, 5.41) is 5.20. The van der Waals surface area contributed by atoms with E-state index < -0.39 is 17.5 Å². The second-order valence-corrected chi connectivity index (χ2v) is 4.47. The standard InChI is InChI=1S/C14H14F2N2O2/c15-9-4-5-11(16)13(7-9)18-14(20)10(8-19)12-3-1-2-6-17-12/h4-5,7-8,17H,1-3,6H2,(H,18,20)/b12-10-. The number of rotatable bonds is 3. The number of nitrogens with one attached hydrogen (secondary N) is 2. The van der Waals surface area contributed by atoms with Crippen molar-refractivity contribution in [1.82, 2.24) is 5.32 Å². The highest BCUT2D eigenvalue weighted by atomic mass is 19.1. The molecule has 0 bridgehead atoms. The van der Waals surface area contributed by atoms with Crippen molar-refractivity contribution >= 4 is 17.9 Å². The van der Waals surface area contributed by atoms with Gasteiger partial charge in [-0.2, -0.15) is 0 Å². The van der Waals surface area contributed by atoms with Crippen molar-refractivity contribution in [3.8, 4) is 0 Å². The van der Waals surface area contributed by atoms with Gasteiger partial charge in [-0.05, 0) is 31.4 Å². The summed E-state index contributed by atoms with van der Waals surface area (Å²) in [5.41, 5.74) is 0.180. The van der Waals surface area contributed by atoms with Gasteiger partial charge in [0.1, 0.15) is 11.6 Å². The van der Waals surface area contributed by atoms with Crippen LogP contribution in [0.15, 0.2) is 29.5 Å². The van der Waals surface area contributed by atoms with E-state index in [0.717, 1.165) is 31.0 Å². The van der Waals surface area contributed by atoms with E-state index in [2.05, 4.69) is 10.6 Å². The third-order valence-electron chi connectivity index (χ3n) is 3.06. The molecule has 0 aromatic heterocycles. The normalized spacial score (nSPS) is 17.1. The van der Waals surface area contributed by atoms with E-state index in [-0.39, 0.29) is 11.3 Å². The van der Waals surface area contributed by atoms with Gasteiger partial charge in [0, 0.05) is 18.3 Å². The first kappa shape index (κ1) is 14.2. The fourth-order valence-electron chi connectivity index (χ4n) is 2.03. The first-order chi connectivity index (χ1) is 9.61. The zero-order valence-electron chi connectivity index (χ0n) is 10.7. The summed E-state index contributed by atoms with van der Waals surface area (Å²) >= 11 is 0. The fraction of sp³-hybridized carbons (Fsp3) is 0.286. The molecule has 1 amide bonds. The van der Waals surface area contributed by atoms with Gasteiger partial charge >= 0.3 is 0 Å². The summed E-state index contributed by atoms with van der Waals surface area (Å²) in [6.07, 6.45) is 2.87. The molecule has 4 nitrogen and oxygen atoms in total. The van der Waals surface area contributed by atoms with Crippen molar-refractivity contribution in [1.29, 1.82) is 0 Å². The number of piperidine rings is 1. The van der Waals surface area contributed by atoms with Crippen LogP contribution in [0.4, 0.5) is 14.5 Å². The molecule has 0 radical (unpaired) electrons. The summed E-state index contributed by atoms with van der Waals surface area (Å²) in [7, 11) is 0. The van der Waals surface area contributed by atoms with Gasteiger partial charge in [-0.15, -0.1) is 0 Å². The predicted molar refractivity (Wildman–Crippen MR) is 69.9 cm³/mol. The predicted octanol–water partition coefficient (Wildman–Crippen LogP) is 2.13. The van der Waals surface area contributed by atoms with Crippen LogP contribution in [0, 0.1) is 11.6 Å². The van der Waals surface area contributed by atoms with E-state index in [1.807, 2.05) is 0 Å². The molecule has 0 atom stereocenters. The number of carbonyl (C=O) groups is 2. The van der Waals surface area contributed by atoms with Gasteiger partial charge in [-0.25, -0.2) is 8.78 Å². The number of aldehydes is 1. The highest BCUT2D eigenvalue weighted by molar-refractivity contribution is 6.17.